The third-order valence-electron chi connectivity index (χ3n) is 2.82. The topological polar surface area (TPSA) is 49.4 Å². The van der Waals surface area contributed by atoms with E-state index in [2.05, 4.69) is 26.1 Å². The second-order valence-corrected chi connectivity index (χ2v) is 4.83. The van der Waals surface area contributed by atoms with Crippen LogP contribution in [0.25, 0.3) is 0 Å². The van der Waals surface area contributed by atoms with Gasteiger partial charge < -0.3 is 5.32 Å². The van der Waals surface area contributed by atoms with Crippen LogP contribution in [0.3, 0.4) is 0 Å². The van der Waals surface area contributed by atoms with Crippen molar-refractivity contribution in [3.8, 4) is 0 Å². The summed E-state index contributed by atoms with van der Waals surface area (Å²) in [5.41, 5.74) is -0.0828. The average molecular weight is 212 g/mol. The SMILES string of the molecule is CCCC(C)(C)NC1CC(=O)N(C)C1=O. The van der Waals surface area contributed by atoms with Gasteiger partial charge in [-0.15, -0.1) is 0 Å². The highest BCUT2D eigenvalue weighted by molar-refractivity contribution is 6.05. The highest BCUT2D eigenvalue weighted by atomic mass is 16.2. The maximum Gasteiger partial charge on any atom is 0.246 e. The van der Waals surface area contributed by atoms with Crippen molar-refractivity contribution < 1.29 is 9.59 Å². The molecule has 0 aromatic rings. The van der Waals surface area contributed by atoms with Gasteiger partial charge in [-0.3, -0.25) is 14.5 Å². The molecular formula is C11H20N2O2. The second kappa shape index (κ2) is 4.31. The summed E-state index contributed by atoms with van der Waals surface area (Å²) in [5, 5.41) is 3.25. The van der Waals surface area contributed by atoms with E-state index in [1.165, 1.54) is 4.90 Å². The summed E-state index contributed by atoms with van der Waals surface area (Å²) in [6, 6.07) is -0.330. The monoisotopic (exact) mass is 212 g/mol. The Morgan fingerprint density at radius 1 is 1.47 bits per heavy atom. The highest BCUT2D eigenvalue weighted by Crippen LogP contribution is 2.17. The largest absolute Gasteiger partial charge is 0.300 e. The number of hydrogen-bond donors (Lipinski definition) is 1. The lowest BCUT2D eigenvalue weighted by Crippen LogP contribution is -2.49. The number of carbonyl (C=O) groups excluding carboxylic acids is 2. The lowest BCUT2D eigenvalue weighted by atomic mass is 9.97. The summed E-state index contributed by atoms with van der Waals surface area (Å²) >= 11 is 0. The molecule has 15 heavy (non-hydrogen) atoms. The predicted octanol–water partition coefficient (Wildman–Crippen LogP) is 0.912. The van der Waals surface area contributed by atoms with E-state index in [0.717, 1.165) is 12.8 Å². The third kappa shape index (κ3) is 2.78. The molecule has 86 valence electrons. The zero-order valence-electron chi connectivity index (χ0n) is 9.96. The highest BCUT2D eigenvalue weighted by Gasteiger charge is 2.38. The first-order valence-corrected chi connectivity index (χ1v) is 5.45. The maximum absolute atomic E-state index is 11.6. The van der Waals surface area contributed by atoms with Gasteiger partial charge in [-0.2, -0.15) is 0 Å². The average Bonchev–Trinajstić information content (AvgIpc) is 2.33. The van der Waals surface area contributed by atoms with Gasteiger partial charge in [0, 0.05) is 12.6 Å². The molecule has 1 heterocycles. The molecule has 0 aromatic carbocycles. The number of likely N-dealkylation sites (N-methyl/N-ethyl adjacent to an activating group) is 1. The number of nitrogens with zero attached hydrogens (tertiary/aromatic N) is 1. The van der Waals surface area contributed by atoms with Crippen molar-refractivity contribution in [2.75, 3.05) is 7.05 Å². The van der Waals surface area contributed by atoms with Crippen LogP contribution >= 0.6 is 0 Å². The molecule has 0 radical (unpaired) electrons. The van der Waals surface area contributed by atoms with Crippen LogP contribution in [0, 0.1) is 0 Å². The van der Waals surface area contributed by atoms with Gasteiger partial charge >= 0.3 is 0 Å². The summed E-state index contributed by atoms with van der Waals surface area (Å²) in [6.45, 7) is 6.23. The molecule has 1 unspecified atom stereocenters. The van der Waals surface area contributed by atoms with Gasteiger partial charge in [-0.25, -0.2) is 0 Å². The van der Waals surface area contributed by atoms with Crippen LogP contribution in [-0.4, -0.2) is 35.3 Å². The van der Waals surface area contributed by atoms with E-state index in [1.807, 2.05) is 0 Å². The molecule has 2 amide bonds. The van der Waals surface area contributed by atoms with Crippen molar-refractivity contribution in [1.29, 1.82) is 0 Å². The lowest BCUT2D eigenvalue weighted by molar-refractivity contribution is -0.137. The Kier molecular flexibility index (Phi) is 3.50. The van der Waals surface area contributed by atoms with E-state index < -0.39 is 0 Å². The number of amides is 2. The summed E-state index contributed by atoms with van der Waals surface area (Å²) in [6.07, 6.45) is 2.35. The zero-order chi connectivity index (χ0) is 11.6. The molecule has 1 saturated heterocycles. The van der Waals surface area contributed by atoms with E-state index in [9.17, 15) is 9.59 Å². The standard InChI is InChI=1S/C11H20N2O2/c1-5-6-11(2,3)12-8-7-9(14)13(4)10(8)15/h8,12H,5-7H2,1-4H3. The van der Waals surface area contributed by atoms with Crippen LogP contribution in [0.15, 0.2) is 0 Å². The molecule has 1 fully saturated rings. The van der Waals surface area contributed by atoms with Crippen molar-refractivity contribution in [2.45, 2.75) is 51.6 Å². The molecule has 0 bridgehead atoms. The summed E-state index contributed by atoms with van der Waals surface area (Å²) in [4.78, 5) is 24.2. The van der Waals surface area contributed by atoms with Crippen LogP contribution in [-0.2, 0) is 9.59 Å². The first-order valence-electron chi connectivity index (χ1n) is 5.45. The van der Waals surface area contributed by atoms with Crippen molar-refractivity contribution in [2.24, 2.45) is 0 Å². The summed E-state index contributed by atoms with van der Waals surface area (Å²) < 4.78 is 0. The summed E-state index contributed by atoms with van der Waals surface area (Å²) in [7, 11) is 1.54. The second-order valence-electron chi connectivity index (χ2n) is 4.83. The van der Waals surface area contributed by atoms with E-state index in [0.29, 0.717) is 6.42 Å². The first kappa shape index (κ1) is 12.2. The van der Waals surface area contributed by atoms with E-state index in [1.54, 1.807) is 7.05 Å². The smallest absolute Gasteiger partial charge is 0.246 e. The van der Waals surface area contributed by atoms with E-state index in [-0.39, 0.29) is 23.4 Å². The van der Waals surface area contributed by atoms with E-state index >= 15 is 0 Å². The Labute approximate surface area is 91.0 Å². The van der Waals surface area contributed by atoms with Gasteiger partial charge in [0.2, 0.25) is 11.8 Å². The van der Waals surface area contributed by atoms with Crippen molar-refractivity contribution in [3.63, 3.8) is 0 Å². The predicted molar refractivity (Wildman–Crippen MR) is 58.3 cm³/mol. The molecule has 0 saturated carbocycles. The number of rotatable bonds is 4. The number of likely N-dealkylation sites (tertiary alicyclic amines) is 1. The van der Waals surface area contributed by atoms with Crippen LogP contribution in [0.5, 0.6) is 0 Å². The van der Waals surface area contributed by atoms with Gasteiger partial charge in [0.15, 0.2) is 0 Å². The number of hydrogen-bond acceptors (Lipinski definition) is 3. The fraction of sp³-hybridized carbons (Fsp3) is 0.818. The molecule has 1 atom stereocenters. The normalized spacial score (nSPS) is 22.7. The molecule has 0 aromatic heterocycles. The summed E-state index contributed by atoms with van der Waals surface area (Å²) in [5.74, 6) is -0.200. The van der Waals surface area contributed by atoms with Gasteiger partial charge in [0.05, 0.1) is 12.5 Å². The molecule has 1 N–H and O–H groups in total. The Morgan fingerprint density at radius 2 is 2.07 bits per heavy atom. The molecule has 4 heteroatoms. The number of carbonyl (C=O) groups is 2. The fourth-order valence-electron chi connectivity index (χ4n) is 2.04. The minimum atomic E-state index is -0.330. The first-order chi connectivity index (χ1) is 6.87. The Hall–Kier alpha value is -0.900. The number of nitrogens with one attached hydrogen (secondary N) is 1. The van der Waals surface area contributed by atoms with Crippen LogP contribution < -0.4 is 5.32 Å². The van der Waals surface area contributed by atoms with Crippen molar-refractivity contribution >= 4 is 11.8 Å². The maximum atomic E-state index is 11.6. The molecule has 1 aliphatic rings. The van der Waals surface area contributed by atoms with Gasteiger partial charge in [0.1, 0.15) is 0 Å². The van der Waals surface area contributed by atoms with Gasteiger partial charge in [-0.1, -0.05) is 13.3 Å². The van der Waals surface area contributed by atoms with Crippen molar-refractivity contribution in [1.82, 2.24) is 10.2 Å². The van der Waals surface area contributed by atoms with Crippen LogP contribution in [0.2, 0.25) is 0 Å². The minimum absolute atomic E-state index is 0.0828. The molecular weight excluding hydrogens is 192 g/mol. The third-order valence-corrected chi connectivity index (χ3v) is 2.82. The molecule has 1 rings (SSSR count). The molecule has 0 aliphatic carbocycles. The zero-order valence-corrected chi connectivity index (χ0v) is 9.96. The quantitative estimate of drug-likeness (QED) is 0.705. The Bertz CT molecular complexity index is 274. The van der Waals surface area contributed by atoms with Crippen LogP contribution in [0.4, 0.5) is 0 Å². The Balaban J connectivity index is 2.60. The van der Waals surface area contributed by atoms with Crippen molar-refractivity contribution in [3.05, 3.63) is 0 Å². The Morgan fingerprint density at radius 3 is 2.47 bits per heavy atom. The minimum Gasteiger partial charge on any atom is -0.300 e. The molecule has 4 nitrogen and oxygen atoms in total. The fourth-order valence-corrected chi connectivity index (χ4v) is 2.04. The van der Waals surface area contributed by atoms with Gasteiger partial charge in [-0.05, 0) is 20.3 Å². The molecule has 0 spiro atoms. The molecule has 1 aliphatic heterocycles. The number of imide groups is 1. The lowest BCUT2D eigenvalue weighted by Gasteiger charge is -2.28. The van der Waals surface area contributed by atoms with Gasteiger partial charge in [0.25, 0.3) is 0 Å². The van der Waals surface area contributed by atoms with Crippen LogP contribution in [0.1, 0.15) is 40.0 Å². The van der Waals surface area contributed by atoms with E-state index in [4.69, 9.17) is 0 Å².